The van der Waals surface area contributed by atoms with Crippen LogP contribution in [0.5, 0.6) is 0 Å². The summed E-state index contributed by atoms with van der Waals surface area (Å²) in [6.45, 7) is 6.78. The van der Waals surface area contributed by atoms with Crippen molar-refractivity contribution in [3.63, 3.8) is 0 Å². The van der Waals surface area contributed by atoms with E-state index in [1.54, 1.807) is 27.7 Å². The van der Waals surface area contributed by atoms with Gasteiger partial charge in [-0.1, -0.05) is 13.0 Å². The van der Waals surface area contributed by atoms with Gasteiger partial charge in [0.1, 0.15) is 5.60 Å². The van der Waals surface area contributed by atoms with Crippen molar-refractivity contribution >= 4 is 11.8 Å². The van der Waals surface area contributed by atoms with E-state index >= 15 is 0 Å². The Bertz CT molecular complexity index is 554. The van der Waals surface area contributed by atoms with Gasteiger partial charge in [-0.05, 0) is 38.5 Å². The molecular formula is C15H21F3N2O3. The van der Waals surface area contributed by atoms with Crippen LogP contribution in [0.2, 0.25) is 0 Å². The molecule has 0 saturated carbocycles. The van der Waals surface area contributed by atoms with Crippen molar-refractivity contribution in [3.05, 3.63) is 29.3 Å². The molecule has 0 fully saturated rings. The Labute approximate surface area is 132 Å². The second-order valence-corrected chi connectivity index (χ2v) is 6.16. The van der Waals surface area contributed by atoms with Crippen LogP contribution in [0, 0.1) is 0 Å². The van der Waals surface area contributed by atoms with Crippen molar-refractivity contribution in [3.8, 4) is 0 Å². The maximum atomic E-state index is 12.9. The molecule has 0 aromatic heterocycles. The Balaban J connectivity index is 3.15. The average molecular weight is 334 g/mol. The highest BCUT2D eigenvalue weighted by Gasteiger charge is 2.32. The van der Waals surface area contributed by atoms with E-state index in [0.717, 1.165) is 12.1 Å². The summed E-state index contributed by atoms with van der Waals surface area (Å²) in [5, 5.41) is 2.36. The Hall–Kier alpha value is -1.80. The lowest BCUT2D eigenvalue weighted by Gasteiger charge is -2.22. The molecule has 0 bridgehead atoms. The molecule has 0 saturated heterocycles. The molecule has 0 heterocycles. The molecule has 1 unspecified atom stereocenters. The molecule has 1 amide bonds. The predicted molar refractivity (Wildman–Crippen MR) is 79.9 cm³/mol. The normalized spacial score (nSPS) is 13.6. The lowest BCUT2D eigenvalue weighted by Crippen LogP contribution is -2.28. The standard InChI is InChI=1S/C15H21F3N2O3/c1-9(8-22-19)11-6-5-10(15(16,17)18)7-12(11)20-13(21)23-14(2,3)4/h5-7,9H,8,19H2,1-4H3,(H,20,21). The van der Waals surface area contributed by atoms with E-state index < -0.39 is 23.4 Å². The molecule has 130 valence electrons. The van der Waals surface area contributed by atoms with E-state index in [9.17, 15) is 18.0 Å². The number of rotatable bonds is 4. The predicted octanol–water partition coefficient (Wildman–Crippen LogP) is 4.05. The van der Waals surface area contributed by atoms with Gasteiger partial charge in [-0.3, -0.25) is 5.32 Å². The molecule has 0 aliphatic carbocycles. The second-order valence-electron chi connectivity index (χ2n) is 6.16. The molecule has 1 rings (SSSR count). The van der Waals surface area contributed by atoms with Gasteiger partial charge >= 0.3 is 12.3 Å². The SMILES string of the molecule is CC(CON)c1ccc(C(F)(F)F)cc1NC(=O)OC(C)(C)C. The van der Waals surface area contributed by atoms with Crippen molar-refractivity contribution in [1.29, 1.82) is 0 Å². The van der Waals surface area contributed by atoms with Crippen LogP contribution in [0.4, 0.5) is 23.7 Å². The lowest BCUT2D eigenvalue weighted by molar-refractivity contribution is -0.137. The first-order valence-electron chi connectivity index (χ1n) is 6.97. The Morgan fingerprint density at radius 1 is 1.30 bits per heavy atom. The van der Waals surface area contributed by atoms with Crippen LogP contribution in [0.25, 0.3) is 0 Å². The molecule has 23 heavy (non-hydrogen) atoms. The van der Waals surface area contributed by atoms with Gasteiger partial charge in [0.2, 0.25) is 0 Å². The third-order valence-corrected chi connectivity index (χ3v) is 2.89. The van der Waals surface area contributed by atoms with Crippen LogP contribution in [0.3, 0.4) is 0 Å². The number of carbonyl (C=O) groups is 1. The highest BCUT2D eigenvalue weighted by molar-refractivity contribution is 5.86. The summed E-state index contributed by atoms with van der Waals surface area (Å²) in [6.07, 6.45) is -5.35. The van der Waals surface area contributed by atoms with Gasteiger partial charge in [-0.2, -0.15) is 13.2 Å². The number of halogens is 3. The summed E-state index contributed by atoms with van der Waals surface area (Å²) in [7, 11) is 0. The summed E-state index contributed by atoms with van der Waals surface area (Å²) in [6, 6.07) is 3.11. The summed E-state index contributed by atoms with van der Waals surface area (Å²) in [4.78, 5) is 16.4. The molecule has 0 radical (unpaired) electrons. The number of nitrogens with two attached hydrogens (primary N) is 1. The monoisotopic (exact) mass is 334 g/mol. The van der Waals surface area contributed by atoms with Crippen molar-refractivity contribution in [1.82, 2.24) is 0 Å². The number of anilines is 1. The van der Waals surface area contributed by atoms with Crippen LogP contribution in [0.15, 0.2) is 18.2 Å². The first-order chi connectivity index (χ1) is 10.4. The first kappa shape index (κ1) is 19.2. The zero-order valence-corrected chi connectivity index (χ0v) is 13.5. The minimum Gasteiger partial charge on any atom is -0.444 e. The number of ether oxygens (including phenoxy) is 1. The van der Waals surface area contributed by atoms with E-state index in [0.29, 0.717) is 5.56 Å². The van der Waals surface area contributed by atoms with Crippen molar-refractivity contribution in [2.75, 3.05) is 11.9 Å². The fourth-order valence-corrected chi connectivity index (χ4v) is 1.92. The smallest absolute Gasteiger partial charge is 0.416 e. The Morgan fingerprint density at radius 2 is 1.91 bits per heavy atom. The molecule has 0 spiro atoms. The molecule has 1 aromatic rings. The van der Waals surface area contributed by atoms with Gasteiger partial charge in [0.05, 0.1) is 12.2 Å². The summed E-state index contributed by atoms with van der Waals surface area (Å²) >= 11 is 0. The topological polar surface area (TPSA) is 73.6 Å². The van der Waals surface area contributed by atoms with Crippen LogP contribution in [-0.4, -0.2) is 18.3 Å². The highest BCUT2D eigenvalue weighted by atomic mass is 19.4. The highest BCUT2D eigenvalue weighted by Crippen LogP contribution is 2.34. The maximum absolute atomic E-state index is 12.9. The van der Waals surface area contributed by atoms with Crippen LogP contribution >= 0.6 is 0 Å². The van der Waals surface area contributed by atoms with Gasteiger partial charge in [0.25, 0.3) is 0 Å². The molecule has 5 nitrogen and oxygen atoms in total. The van der Waals surface area contributed by atoms with Crippen LogP contribution in [-0.2, 0) is 15.8 Å². The number of carbonyl (C=O) groups excluding carboxylic acids is 1. The quantitative estimate of drug-likeness (QED) is 0.815. The number of benzene rings is 1. The minimum absolute atomic E-state index is 0.0126. The fourth-order valence-electron chi connectivity index (χ4n) is 1.92. The molecule has 1 atom stereocenters. The van der Waals surface area contributed by atoms with E-state index in [2.05, 4.69) is 10.2 Å². The first-order valence-corrected chi connectivity index (χ1v) is 6.97. The van der Waals surface area contributed by atoms with Crippen molar-refractivity contribution in [2.45, 2.75) is 45.4 Å². The number of hydrogen-bond acceptors (Lipinski definition) is 4. The van der Waals surface area contributed by atoms with Crippen molar-refractivity contribution in [2.24, 2.45) is 5.90 Å². The number of amides is 1. The van der Waals surface area contributed by atoms with E-state index in [-0.39, 0.29) is 18.2 Å². The second kappa shape index (κ2) is 7.18. The minimum atomic E-state index is -4.52. The van der Waals surface area contributed by atoms with Crippen molar-refractivity contribution < 1.29 is 27.5 Å². The Kier molecular flexibility index (Phi) is 6.01. The molecule has 0 aliphatic heterocycles. The zero-order valence-electron chi connectivity index (χ0n) is 13.5. The van der Waals surface area contributed by atoms with Gasteiger partial charge in [-0.15, -0.1) is 0 Å². The molecule has 0 aliphatic rings. The zero-order chi connectivity index (χ0) is 17.8. The number of nitrogens with one attached hydrogen (secondary N) is 1. The summed E-state index contributed by atoms with van der Waals surface area (Å²) in [5.41, 5.74) is -1.15. The van der Waals surface area contributed by atoms with Gasteiger partial charge in [0.15, 0.2) is 0 Å². The van der Waals surface area contributed by atoms with Crippen LogP contribution < -0.4 is 11.2 Å². The van der Waals surface area contributed by atoms with E-state index in [4.69, 9.17) is 10.6 Å². The molecular weight excluding hydrogens is 313 g/mol. The molecule has 1 aromatic carbocycles. The van der Waals surface area contributed by atoms with E-state index in [1.165, 1.54) is 6.07 Å². The molecule has 8 heteroatoms. The summed E-state index contributed by atoms with van der Waals surface area (Å²) in [5.74, 6) is 4.70. The fraction of sp³-hybridized carbons (Fsp3) is 0.533. The van der Waals surface area contributed by atoms with Gasteiger partial charge in [-0.25, -0.2) is 10.7 Å². The van der Waals surface area contributed by atoms with Gasteiger partial charge < -0.3 is 9.57 Å². The third-order valence-electron chi connectivity index (χ3n) is 2.89. The average Bonchev–Trinajstić information content (AvgIpc) is 2.35. The number of alkyl halides is 3. The summed E-state index contributed by atoms with van der Waals surface area (Å²) < 4.78 is 43.7. The Morgan fingerprint density at radius 3 is 2.39 bits per heavy atom. The van der Waals surface area contributed by atoms with E-state index in [1.807, 2.05) is 0 Å². The van der Waals surface area contributed by atoms with Gasteiger partial charge in [0, 0.05) is 11.6 Å². The third kappa shape index (κ3) is 6.07. The largest absolute Gasteiger partial charge is 0.444 e. The lowest BCUT2D eigenvalue weighted by atomic mass is 9.98. The molecule has 3 N–H and O–H groups in total. The number of hydrogen-bond donors (Lipinski definition) is 2. The van der Waals surface area contributed by atoms with Crippen LogP contribution in [0.1, 0.15) is 44.7 Å². The maximum Gasteiger partial charge on any atom is 0.416 e.